The number of esters is 1. The molecule has 2 aromatic heterocycles. The summed E-state index contributed by atoms with van der Waals surface area (Å²) in [4.78, 5) is 29.4. The van der Waals surface area contributed by atoms with Gasteiger partial charge in [-0.1, -0.05) is 0 Å². The number of rotatable bonds is 11. The fourth-order valence-corrected chi connectivity index (χ4v) is 4.15. The Balaban J connectivity index is 1.81. The molecule has 34 heavy (non-hydrogen) atoms. The lowest BCUT2D eigenvalue weighted by atomic mass is 10.2. The van der Waals surface area contributed by atoms with Crippen molar-refractivity contribution in [1.29, 1.82) is 0 Å². The Kier molecular flexibility index (Phi) is 8.47. The molecule has 0 amide bonds. The maximum Gasteiger partial charge on any atom is 0.326 e. The van der Waals surface area contributed by atoms with E-state index in [1.165, 1.54) is 32.1 Å². The summed E-state index contributed by atoms with van der Waals surface area (Å²) in [5.74, 6) is 1.42. The van der Waals surface area contributed by atoms with E-state index < -0.39 is 11.5 Å². The zero-order chi connectivity index (χ0) is 24.7. The number of benzene rings is 1. The second kappa shape index (κ2) is 11.5. The van der Waals surface area contributed by atoms with Crippen LogP contribution >= 0.6 is 11.8 Å². The van der Waals surface area contributed by atoms with E-state index in [2.05, 4.69) is 4.98 Å². The number of thioether (sulfide) groups is 1. The van der Waals surface area contributed by atoms with Crippen LogP contribution in [0.3, 0.4) is 0 Å². The monoisotopic (exact) mass is 490 g/mol. The third kappa shape index (κ3) is 5.30. The summed E-state index contributed by atoms with van der Waals surface area (Å²) in [5.41, 5.74) is -0.328. The maximum absolute atomic E-state index is 13.1. The van der Waals surface area contributed by atoms with Crippen LogP contribution in [0.2, 0.25) is 0 Å². The van der Waals surface area contributed by atoms with E-state index >= 15 is 0 Å². The first-order valence-electron chi connectivity index (χ1n) is 10.4. The molecule has 0 aliphatic heterocycles. The normalized spacial score (nSPS) is 10.7. The standard InChI is InChI=1S/C23H26N2O8S/c1-5-32-18(26)13-25-22-15(7-6-8-24-22)19(27)21(23(25)28)34-10-9-33-14-11-16(29-2)20(31-4)17(12-14)30-3/h6-8,11-12,27H,5,9-10,13H2,1-4H3. The van der Waals surface area contributed by atoms with Gasteiger partial charge in [-0.25, -0.2) is 4.98 Å². The van der Waals surface area contributed by atoms with E-state index in [-0.39, 0.29) is 36.1 Å². The van der Waals surface area contributed by atoms with Crippen LogP contribution in [0.25, 0.3) is 11.0 Å². The number of hydrogen-bond donors (Lipinski definition) is 1. The van der Waals surface area contributed by atoms with Crippen molar-refractivity contribution < 1.29 is 33.6 Å². The van der Waals surface area contributed by atoms with E-state index in [0.29, 0.717) is 34.1 Å². The largest absolute Gasteiger partial charge is 0.506 e. The number of fused-ring (bicyclic) bond motifs is 1. The van der Waals surface area contributed by atoms with Crippen molar-refractivity contribution in [2.24, 2.45) is 0 Å². The Labute approximate surface area is 200 Å². The predicted molar refractivity (Wildman–Crippen MR) is 127 cm³/mol. The molecule has 3 rings (SSSR count). The Morgan fingerprint density at radius 2 is 1.85 bits per heavy atom. The number of carbonyl (C=O) groups is 1. The molecule has 2 heterocycles. The number of carbonyl (C=O) groups excluding carboxylic acids is 1. The van der Waals surface area contributed by atoms with Gasteiger partial charge in [0, 0.05) is 24.1 Å². The molecule has 0 saturated heterocycles. The van der Waals surface area contributed by atoms with Crippen molar-refractivity contribution in [1.82, 2.24) is 9.55 Å². The minimum absolute atomic E-state index is 0.0956. The Morgan fingerprint density at radius 3 is 2.47 bits per heavy atom. The summed E-state index contributed by atoms with van der Waals surface area (Å²) in [6.45, 7) is 1.78. The van der Waals surface area contributed by atoms with Crippen LogP contribution in [-0.4, -0.2) is 60.9 Å². The zero-order valence-electron chi connectivity index (χ0n) is 19.3. The molecule has 1 N–H and O–H groups in total. The van der Waals surface area contributed by atoms with Crippen molar-refractivity contribution in [2.45, 2.75) is 18.4 Å². The molecular weight excluding hydrogens is 464 g/mol. The highest BCUT2D eigenvalue weighted by molar-refractivity contribution is 7.99. The zero-order valence-corrected chi connectivity index (χ0v) is 20.1. The molecule has 1 aromatic carbocycles. The Hall–Kier alpha value is -3.60. The predicted octanol–water partition coefficient (Wildman–Crippen LogP) is 2.86. The van der Waals surface area contributed by atoms with Crippen molar-refractivity contribution in [2.75, 3.05) is 40.3 Å². The number of ether oxygens (including phenoxy) is 5. The highest BCUT2D eigenvalue weighted by atomic mass is 32.2. The fourth-order valence-electron chi connectivity index (χ4n) is 3.30. The Morgan fingerprint density at radius 1 is 1.15 bits per heavy atom. The molecule has 3 aromatic rings. The van der Waals surface area contributed by atoms with Gasteiger partial charge < -0.3 is 28.8 Å². The number of aromatic hydroxyl groups is 1. The summed E-state index contributed by atoms with van der Waals surface area (Å²) in [6.07, 6.45) is 1.49. The van der Waals surface area contributed by atoms with E-state index in [1.807, 2.05) is 0 Å². The molecule has 0 bridgehead atoms. The molecule has 0 saturated carbocycles. The van der Waals surface area contributed by atoms with Crippen molar-refractivity contribution >= 4 is 28.8 Å². The molecular formula is C23H26N2O8S. The number of methoxy groups -OCH3 is 3. The quantitative estimate of drug-likeness (QED) is 0.244. The van der Waals surface area contributed by atoms with Crippen molar-refractivity contribution in [3.63, 3.8) is 0 Å². The van der Waals surface area contributed by atoms with Crippen LogP contribution in [0, 0.1) is 0 Å². The number of hydrogen-bond acceptors (Lipinski definition) is 10. The smallest absolute Gasteiger partial charge is 0.326 e. The topological polar surface area (TPSA) is 118 Å². The van der Waals surface area contributed by atoms with Crippen LogP contribution < -0.4 is 24.5 Å². The number of pyridine rings is 2. The lowest BCUT2D eigenvalue weighted by molar-refractivity contribution is -0.143. The molecule has 0 radical (unpaired) electrons. The number of aromatic nitrogens is 2. The van der Waals surface area contributed by atoms with Gasteiger partial charge in [-0.05, 0) is 19.1 Å². The molecule has 11 heteroatoms. The molecule has 0 atom stereocenters. The Bertz CT molecular complexity index is 1200. The van der Waals surface area contributed by atoms with Gasteiger partial charge in [-0.15, -0.1) is 11.8 Å². The van der Waals surface area contributed by atoms with Crippen LogP contribution in [0.1, 0.15) is 6.92 Å². The van der Waals surface area contributed by atoms with Gasteiger partial charge in [0.25, 0.3) is 5.56 Å². The van der Waals surface area contributed by atoms with Crippen LogP contribution in [0.5, 0.6) is 28.7 Å². The summed E-state index contributed by atoms with van der Waals surface area (Å²) < 4.78 is 27.9. The third-order valence-corrected chi connectivity index (χ3v) is 5.81. The first-order valence-corrected chi connectivity index (χ1v) is 11.3. The van der Waals surface area contributed by atoms with Gasteiger partial charge in [0.05, 0.1) is 39.9 Å². The molecule has 10 nitrogen and oxygen atoms in total. The summed E-state index contributed by atoms with van der Waals surface area (Å²) in [6, 6.07) is 6.60. The molecule has 182 valence electrons. The van der Waals surface area contributed by atoms with Crippen LogP contribution in [0.4, 0.5) is 0 Å². The lowest BCUT2D eigenvalue weighted by Crippen LogP contribution is -2.27. The fraction of sp³-hybridized carbons (Fsp3) is 0.348. The third-order valence-electron chi connectivity index (χ3n) is 4.78. The van der Waals surface area contributed by atoms with Gasteiger partial charge in [0.2, 0.25) is 5.75 Å². The van der Waals surface area contributed by atoms with Crippen molar-refractivity contribution in [3.05, 3.63) is 40.8 Å². The van der Waals surface area contributed by atoms with E-state index in [4.69, 9.17) is 23.7 Å². The van der Waals surface area contributed by atoms with Gasteiger partial charge in [-0.3, -0.25) is 14.2 Å². The molecule has 0 fully saturated rings. The molecule has 0 aliphatic carbocycles. The van der Waals surface area contributed by atoms with E-state index in [9.17, 15) is 14.7 Å². The molecule has 0 aliphatic rings. The second-order valence-corrected chi connectivity index (χ2v) is 7.91. The van der Waals surface area contributed by atoms with Crippen LogP contribution in [0.15, 0.2) is 40.2 Å². The average molecular weight is 491 g/mol. The lowest BCUT2D eigenvalue weighted by Gasteiger charge is -2.15. The van der Waals surface area contributed by atoms with Crippen LogP contribution in [-0.2, 0) is 16.1 Å². The summed E-state index contributed by atoms with van der Waals surface area (Å²) in [7, 11) is 4.53. The average Bonchev–Trinajstić information content (AvgIpc) is 2.85. The highest BCUT2D eigenvalue weighted by Gasteiger charge is 2.20. The van der Waals surface area contributed by atoms with E-state index in [0.717, 1.165) is 11.8 Å². The maximum atomic E-state index is 13.1. The summed E-state index contributed by atoms with van der Waals surface area (Å²) >= 11 is 1.11. The van der Waals surface area contributed by atoms with Gasteiger partial charge >= 0.3 is 5.97 Å². The second-order valence-electron chi connectivity index (χ2n) is 6.81. The van der Waals surface area contributed by atoms with E-state index in [1.54, 1.807) is 31.2 Å². The SMILES string of the molecule is CCOC(=O)Cn1c(=O)c(SCCOc2cc(OC)c(OC)c(OC)c2)c(O)c2cccnc21. The highest BCUT2D eigenvalue weighted by Crippen LogP contribution is 2.41. The van der Waals surface area contributed by atoms with Gasteiger partial charge in [0.1, 0.15) is 28.6 Å². The molecule has 0 unspecified atom stereocenters. The number of nitrogens with zero attached hydrogens (tertiary/aromatic N) is 2. The first-order chi connectivity index (χ1) is 16.4. The first kappa shape index (κ1) is 25.0. The molecule has 0 spiro atoms. The summed E-state index contributed by atoms with van der Waals surface area (Å²) in [5, 5.41) is 11.1. The van der Waals surface area contributed by atoms with Gasteiger partial charge in [0.15, 0.2) is 11.5 Å². The van der Waals surface area contributed by atoms with Crippen molar-refractivity contribution in [3.8, 4) is 28.7 Å². The minimum Gasteiger partial charge on any atom is -0.506 e. The minimum atomic E-state index is -0.566. The van der Waals surface area contributed by atoms with Gasteiger partial charge in [-0.2, -0.15) is 0 Å².